The maximum Gasteiger partial charge on any atom is 0.341 e. The number of nitrogens with one attached hydrogen (secondary N) is 1. The molecule has 1 heterocycles. The van der Waals surface area contributed by atoms with Gasteiger partial charge in [-0.05, 0) is 74.6 Å². The lowest BCUT2D eigenvalue weighted by Gasteiger charge is -2.12. The normalized spacial score (nSPS) is 12.7. The van der Waals surface area contributed by atoms with Gasteiger partial charge in [0.1, 0.15) is 16.5 Å². The lowest BCUT2D eigenvalue weighted by molar-refractivity contribution is 0.0526. The van der Waals surface area contributed by atoms with Gasteiger partial charge in [-0.3, -0.25) is 4.79 Å². The molecule has 0 saturated carbocycles. The molecule has 0 fully saturated rings. The van der Waals surface area contributed by atoms with Crippen molar-refractivity contribution in [1.82, 2.24) is 0 Å². The zero-order valence-corrected chi connectivity index (χ0v) is 17.6. The van der Waals surface area contributed by atoms with Gasteiger partial charge in [-0.1, -0.05) is 18.2 Å². The van der Waals surface area contributed by atoms with Crippen LogP contribution in [0.4, 0.5) is 5.00 Å². The summed E-state index contributed by atoms with van der Waals surface area (Å²) in [4.78, 5) is 26.6. The fraction of sp³-hybridized carbons (Fsp3) is 0.250. The molecule has 4 rings (SSSR count). The summed E-state index contributed by atoms with van der Waals surface area (Å²) in [7, 11) is 0. The predicted octanol–water partition coefficient (Wildman–Crippen LogP) is 5.85. The Bertz CT molecular complexity index is 1040. The molecule has 1 N–H and O–H groups in total. The van der Waals surface area contributed by atoms with Gasteiger partial charge in [0.15, 0.2) is 0 Å². The predicted molar refractivity (Wildman–Crippen MR) is 118 cm³/mol. The maximum atomic E-state index is 12.8. The van der Waals surface area contributed by atoms with Crippen LogP contribution in [-0.2, 0) is 17.6 Å². The average Bonchev–Trinajstić information content (AvgIpc) is 3.13. The molecule has 0 aliphatic heterocycles. The number of ether oxygens (including phenoxy) is 2. The molecule has 1 amide bonds. The first-order valence-electron chi connectivity index (χ1n) is 10.1. The Kier molecular flexibility index (Phi) is 6.14. The Morgan fingerprint density at radius 3 is 2.40 bits per heavy atom. The number of esters is 1. The third kappa shape index (κ3) is 4.39. The van der Waals surface area contributed by atoms with Crippen molar-refractivity contribution in [2.45, 2.75) is 32.6 Å². The zero-order chi connectivity index (χ0) is 20.9. The number of rotatable bonds is 6. The summed E-state index contributed by atoms with van der Waals surface area (Å²) in [5.41, 5.74) is 2.05. The molecule has 1 aromatic heterocycles. The van der Waals surface area contributed by atoms with E-state index in [1.54, 1.807) is 31.2 Å². The molecule has 0 atom stereocenters. The minimum atomic E-state index is -0.362. The van der Waals surface area contributed by atoms with Gasteiger partial charge in [0, 0.05) is 10.4 Å². The Balaban J connectivity index is 1.52. The highest BCUT2D eigenvalue weighted by Gasteiger charge is 2.27. The minimum absolute atomic E-state index is 0.259. The first kappa shape index (κ1) is 20.2. The SMILES string of the molecule is CCOC(=O)c1c(NC(=O)c2ccc(Oc3ccccc3)cc2)sc2c1CCCC2. The monoisotopic (exact) mass is 421 g/mol. The Morgan fingerprint density at radius 2 is 1.67 bits per heavy atom. The van der Waals surface area contributed by atoms with E-state index in [2.05, 4.69) is 5.32 Å². The van der Waals surface area contributed by atoms with Crippen LogP contribution in [0.25, 0.3) is 0 Å². The smallest absolute Gasteiger partial charge is 0.341 e. The van der Waals surface area contributed by atoms with Crippen LogP contribution >= 0.6 is 11.3 Å². The number of benzene rings is 2. The lowest BCUT2D eigenvalue weighted by atomic mass is 9.95. The summed E-state index contributed by atoms with van der Waals surface area (Å²) in [6, 6.07) is 16.4. The standard InChI is InChI=1S/C24H23NO4S/c1-2-28-24(27)21-19-10-6-7-11-20(19)30-23(21)25-22(26)16-12-14-18(15-13-16)29-17-8-4-3-5-9-17/h3-5,8-9,12-15H,2,6-7,10-11H2,1H3,(H,25,26). The summed E-state index contributed by atoms with van der Waals surface area (Å²) < 4.78 is 11.0. The molecule has 0 radical (unpaired) electrons. The van der Waals surface area contributed by atoms with Gasteiger partial charge in [0.05, 0.1) is 12.2 Å². The third-order valence-electron chi connectivity index (χ3n) is 4.97. The van der Waals surface area contributed by atoms with Crippen molar-refractivity contribution in [2.24, 2.45) is 0 Å². The van der Waals surface area contributed by atoms with Crippen molar-refractivity contribution < 1.29 is 19.1 Å². The quantitative estimate of drug-likeness (QED) is 0.507. The molecule has 0 bridgehead atoms. The van der Waals surface area contributed by atoms with Crippen molar-refractivity contribution in [3.63, 3.8) is 0 Å². The van der Waals surface area contributed by atoms with E-state index in [9.17, 15) is 9.59 Å². The van der Waals surface area contributed by atoms with Crippen molar-refractivity contribution in [3.8, 4) is 11.5 Å². The number of fused-ring (bicyclic) bond motifs is 1. The number of carbonyl (C=O) groups is 2. The fourth-order valence-corrected chi connectivity index (χ4v) is 4.82. The molecule has 5 nitrogen and oxygen atoms in total. The molecular formula is C24H23NO4S. The van der Waals surface area contributed by atoms with E-state index in [0.717, 1.165) is 37.0 Å². The van der Waals surface area contributed by atoms with Crippen LogP contribution in [0.3, 0.4) is 0 Å². The van der Waals surface area contributed by atoms with E-state index in [1.807, 2.05) is 30.3 Å². The number of hydrogen-bond acceptors (Lipinski definition) is 5. The number of carbonyl (C=O) groups excluding carboxylic acids is 2. The van der Waals surface area contributed by atoms with E-state index in [-0.39, 0.29) is 11.9 Å². The summed E-state index contributed by atoms with van der Waals surface area (Å²) >= 11 is 1.49. The highest BCUT2D eigenvalue weighted by Crippen LogP contribution is 2.38. The molecule has 0 saturated heterocycles. The van der Waals surface area contributed by atoms with E-state index < -0.39 is 0 Å². The van der Waals surface area contributed by atoms with Crippen LogP contribution in [0.5, 0.6) is 11.5 Å². The molecule has 154 valence electrons. The molecule has 6 heteroatoms. The average molecular weight is 422 g/mol. The van der Waals surface area contributed by atoms with E-state index in [1.165, 1.54) is 16.2 Å². The van der Waals surface area contributed by atoms with Gasteiger partial charge in [0.25, 0.3) is 5.91 Å². The molecule has 1 aliphatic carbocycles. The van der Waals surface area contributed by atoms with Crippen LogP contribution in [-0.4, -0.2) is 18.5 Å². The van der Waals surface area contributed by atoms with E-state index in [4.69, 9.17) is 9.47 Å². The maximum absolute atomic E-state index is 12.8. The van der Waals surface area contributed by atoms with Gasteiger partial charge in [-0.2, -0.15) is 0 Å². The molecule has 2 aromatic carbocycles. The minimum Gasteiger partial charge on any atom is -0.462 e. The topological polar surface area (TPSA) is 64.6 Å². The number of anilines is 1. The molecule has 0 unspecified atom stereocenters. The Labute approximate surface area is 179 Å². The summed E-state index contributed by atoms with van der Waals surface area (Å²) in [6.07, 6.45) is 3.94. The molecule has 0 spiro atoms. The highest BCUT2D eigenvalue weighted by atomic mass is 32.1. The molecule has 1 aliphatic rings. The Morgan fingerprint density at radius 1 is 0.967 bits per heavy atom. The second-order valence-corrected chi connectivity index (χ2v) is 8.13. The van der Waals surface area contributed by atoms with Crippen molar-refractivity contribution in [3.05, 3.63) is 76.2 Å². The second kappa shape index (κ2) is 9.13. The van der Waals surface area contributed by atoms with Crippen molar-refractivity contribution in [2.75, 3.05) is 11.9 Å². The molecule has 30 heavy (non-hydrogen) atoms. The number of amides is 1. The van der Waals surface area contributed by atoms with E-state index in [0.29, 0.717) is 28.5 Å². The highest BCUT2D eigenvalue weighted by molar-refractivity contribution is 7.17. The second-order valence-electron chi connectivity index (χ2n) is 7.03. The number of para-hydroxylation sites is 1. The fourth-order valence-electron chi connectivity index (χ4n) is 3.55. The van der Waals surface area contributed by atoms with Gasteiger partial charge < -0.3 is 14.8 Å². The van der Waals surface area contributed by atoms with Gasteiger partial charge in [-0.15, -0.1) is 11.3 Å². The van der Waals surface area contributed by atoms with Crippen LogP contribution in [0, 0.1) is 0 Å². The van der Waals surface area contributed by atoms with Crippen LogP contribution in [0.15, 0.2) is 54.6 Å². The van der Waals surface area contributed by atoms with Crippen molar-refractivity contribution in [1.29, 1.82) is 0 Å². The van der Waals surface area contributed by atoms with Gasteiger partial charge >= 0.3 is 5.97 Å². The summed E-state index contributed by atoms with van der Waals surface area (Å²) in [6.45, 7) is 2.09. The van der Waals surface area contributed by atoms with Crippen LogP contribution < -0.4 is 10.1 Å². The number of thiophene rings is 1. The lowest BCUT2D eigenvalue weighted by Crippen LogP contribution is -2.15. The first-order chi connectivity index (χ1) is 14.7. The van der Waals surface area contributed by atoms with Crippen LogP contribution in [0.1, 0.15) is 50.9 Å². The van der Waals surface area contributed by atoms with Gasteiger partial charge in [0.2, 0.25) is 0 Å². The van der Waals surface area contributed by atoms with Gasteiger partial charge in [-0.25, -0.2) is 4.79 Å². The van der Waals surface area contributed by atoms with E-state index >= 15 is 0 Å². The Hall–Kier alpha value is -3.12. The molecular weight excluding hydrogens is 398 g/mol. The molecule has 3 aromatic rings. The number of aryl methyl sites for hydroxylation is 1. The largest absolute Gasteiger partial charge is 0.462 e. The first-order valence-corrected chi connectivity index (χ1v) is 10.9. The third-order valence-corrected chi connectivity index (χ3v) is 6.18. The van der Waals surface area contributed by atoms with Crippen molar-refractivity contribution >= 4 is 28.2 Å². The summed E-state index contributed by atoms with van der Waals surface area (Å²) in [5.74, 6) is 0.763. The van der Waals surface area contributed by atoms with Crippen LogP contribution in [0.2, 0.25) is 0 Å². The number of hydrogen-bond donors (Lipinski definition) is 1. The zero-order valence-electron chi connectivity index (χ0n) is 16.8. The summed E-state index contributed by atoms with van der Waals surface area (Å²) in [5, 5.41) is 3.51.